The van der Waals surface area contributed by atoms with Crippen LogP contribution in [0.15, 0.2) is 16.8 Å². The number of nitrogens with two attached hydrogens (primary N) is 1. The van der Waals surface area contributed by atoms with Gasteiger partial charge in [0.05, 0.1) is 0 Å². The molecule has 1 fully saturated rings. The number of thiophene rings is 1. The molecule has 0 aromatic carbocycles. The van der Waals surface area contributed by atoms with Crippen LogP contribution in [0.2, 0.25) is 0 Å². The molecule has 13 heavy (non-hydrogen) atoms. The van der Waals surface area contributed by atoms with Crippen molar-refractivity contribution < 1.29 is 0 Å². The first-order valence-electron chi connectivity index (χ1n) is 5.02. The Balaban J connectivity index is 2.20. The predicted molar refractivity (Wildman–Crippen MR) is 57.8 cm³/mol. The Morgan fingerprint density at radius 1 is 1.62 bits per heavy atom. The van der Waals surface area contributed by atoms with Crippen molar-refractivity contribution in [2.24, 2.45) is 11.7 Å². The second kappa shape index (κ2) is 3.43. The fourth-order valence-electron chi connectivity index (χ4n) is 2.40. The summed E-state index contributed by atoms with van der Waals surface area (Å²) < 4.78 is 0. The van der Waals surface area contributed by atoms with Crippen LogP contribution in [0.4, 0.5) is 0 Å². The van der Waals surface area contributed by atoms with Crippen LogP contribution < -0.4 is 5.73 Å². The molecule has 2 heteroatoms. The van der Waals surface area contributed by atoms with Gasteiger partial charge in [0.25, 0.3) is 0 Å². The van der Waals surface area contributed by atoms with E-state index in [1.165, 1.54) is 18.4 Å². The van der Waals surface area contributed by atoms with E-state index >= 15 is 0 Å². The van der Waals surface area contributed by atoms with E-state index in [1.54, 1.807) is 11.3 Å². The second-order valence-corrected chi connectivity index (χ2v) is 5.15. The molecule has 1 saturated carbocycles. The minimum atomic E-state index is -0.0162. The normalized spacial score (nSPS) is 34.8. The molecule has 1 aliphatic carbocycles. The summed E-state index contributed by atoms with van der Waals surface area (Å²) >= 11 is 1.75. The van der Waals surface area contributed by atoms with Crippen LogP contribution in [0.5, 0.6) is 0 Å². The van der Waals surface area contributed by atoms with Gasteiger partial charge in [0.15, 0.2) is 0 Å². The van der Waals surface area contributed by atoms with Crippen molar-refractivity contribution in [2.45, 2.75) is 38.1 Å². The first-order chi connectivity index (χ1) is 6.21. The van der Waals surface area contributed by atoms with Gasteiger partial charge in [-0.2, -0.15) is 11.3 Å². The molecule has 0 bridgehead atoms. The molecule has 2 atom stereocenters. The van der Waals surface area contributed by atoms with E-state index in [1.807, 2.05) is 0 Å². The van der Waals surface area contributed by atoms with Gasteiger partial charge >= 0.3 is 0 Å². The third kappa shape index (κ3) is 1.79. The Morgan fingerprint density at radius 2 is 2.46 bits per heavy atom. The lowest BCUT2D eigenvalue weighted by Gasteiger charge is -2.36. The van der Waals surface area contributed by atoms with Gasteiger partial charge in [-0.3, -0.25) is 0 Å². The summed E-state index contributed by atoms with van der Waals surface area (Å²) in [7, 11) is 0. The minimum Gasteiger partial charge on any atom is -0.321 e. The molecule has 0 spiro atoms. The highest BCUT2D eigenvalue weighted by molar-refractivity contribution is 7.08. The molecule has 0 aliphatic heterocycles. The zero-order valence-corrected chi connectivity index (χ0v) is 8.94. The van der Waals surface area contributed by atoms with Gasteiger partial charge in [-0.1, -0.05) is 19.8 Å². The Bertz CT molecular complexity index is 268. The van der Waals surface area contributed by atoms with Crippen molar-refractivity contribution in [2.75, 3.05) is 0 Å². The van der Waals surface area contributed by atoms with Gasteiger partial charge in [0.2, 0.25) is 0 Å². The number of hydrogen-bond acceptors (Lipinski definition) is 2. The topological polar surface area (TPSA) is 26.0 Å². The maximum absolute atomic E-state index is 6.42. The van der Waals surface area contributed by atoms with Crippen LogP contribution in [0.1, 0.15) is 38.2 Å². The van der Waals surface area contributed by atoms with Gasteiger partial charge < -0.3 is 5.73 Å². The van der Waals surface area contributed by atoms with E-state index in [4.69, 9.17) is 5.73 Å². The van der Waals surface area contributed by atoms with Crippen molar-refractivity contribution in [3.8, 4) is 0 Å². The van der Waals surface area contributed by atoms with Crippen LogP contribution in [0.3, 0.4) is 0 Å². The van der Waals surface area contributed by atoms with Gasteiger partial charge in [0.1, 0.15) is 0 Å². The third-order valence-corrected chi connectivity index (χ3v) is 3.81. The summed E-state index contributed by atoms with van der Waals surface area (Å²) in [6.45, 7) is 2.31. The average molecular weight is 195 g/mol. The molecule has 0 radical (unpaired) electrons. The second-order valence-electron chi connectivity index (χ2n) is 4.37. The van der Waals surface area contributed by atoms with E-state index in [0.717, 1.165) is 18.8 Å². The maximum Gasteiger partial charge on any atom is 0.0420 e. The standard InChI is InChI=1S/C11H17NS/c1-9-3-2-5-11(12,7-9)10-4-6-13-8-10/h4,6,8-9H,2-3,5,7,12H2,1H3. The molecule has 1 aromatic rings. The highest BCUT2D eigenvalue weighted by atomic mass is 32.1. The quantitative estimate of drug-likeness (QED) is 0.732. The van der Waals surface area contributed by atoms with Crippen LogP contribution >= 0.6 is 11.3 Å². The van der Waals surface area contributed by atoms with E-state index < -0.39 is 0 Å². The fourth-order valence-corrected chi connectivity index (χ4v) is 3.17. The van der Waals surface area contributed by atoms with E-state index in [0.29, 0.717) is 0 Å². The molecule has 1 aromatic heterocycles. The molecule has 2 N–H and O–H groups in total. The molecular weight excluding hydrogens is 178 g/mol. The molecule has 1 aliphatic rings. The van der Waals surface area contributed by atoms with Crippen LogP contribution in [0.25, 0.3) is 0 Å². The zero-order valence-electron chi connectivity index (χ0n) is 8.12. The Hall–Kier alpha value is -0.340. The Kier molecular flexibility index (Phi) is 2.43. The van der Waals surface area contributed by atoms with E-state index in [2.05, 4.69) is 23.8 Å². The van der Waals surface area contributed by atoms with Gasteiger partial charge in [-0.25, -0.2) is 0 Å². The molecule has 1 nitrogen and oxygen atoms in total. The summed E-state index contributed by atoms with van der Waals surface area (Å²) in [5.41, 5.74) is 7.76. The fraction of sp³-hybridized carbons (Fsp3) is 0.636. The number of hydrogen-bond donors (Lipinski definition) is 1. The first kappa shape index (κ1) is 9.22. The lowest BCUT2D eigenvalue weighted by Crippen LogP contribution is -2.40. The molecule has 0 amide bonds. The van der Waals surface area contributed by atoms with Crippen LogP contribution in [-0.4, -0.2) is 0 Å². The van der Waals surface area contributed by atoms with Crippen molar-refractivity contribution >= 4 is 11.3 Å². The van der Waals surface area contributed by atoms with Gasteiger partial charge in [-0.05, 0) is 41.1 Å². The SMILES string of the molecule is CC1CCCC(N)(c2ccsc2)C1. The van der Waals surface area contributed by atoms with Crippen molar-refractivity contribution in [1.82, 2.24) is 0 Å². The third-order valence-electron chi connectivity index (χ3n) is 3.13. The first-order valence-corrected chi connectivity index (χ1v) is 5.96. The minimum absolute atomic E-state index is 0.0162. The monoisotopic (exact) mass is 195 g/mol. The Labute approximate surface area is 84.0 Å². The highest BCUT2D eigenvalue weighted by Gasteiger charge is 2.32. The number of rotatable bonds is 1. The maximum atomic E-state index is 6.42. The largest absolute Gasteiger partial charge is 0.321 e. The van der Waals surface area contributed by atoms with Gasteiger partial charge in [-0.15, -0.1) is 0 Å². The molecule has 72 valence electrons. The summed E-state index contributed by atoms with van der Waals surface area (Å²) in [6.07, 6.45) is 4.95. The summed E-state index contributed by atoms with van der Waals surface area (Å²) in [5.74, 6) is 0.790. The van der Waals surface area contributed by atoms with E-state index in [9.17, 15) is 0 Å². The van der Waals surface area contributed by atoms with Crippen LogP contribution in [-0.2, 0) is 5.54 Å². The molecule has 0 saturated heterocycles. The molecule has 2 rings (SSSR count). The van der Waals surface area contributed by atoms with E-state index in [-0.39, 0.29) is 5.54 Å². The highest BCUT2D eigenvalue weighted by Crippen LogP contribution is 2.38. The molecular formula is C11H17NS. The Morgan fingerprint density at radius 3 is 3.08 bits per heavy atom. The summed E-state index contributed by atoms with van der Waals surface area (Å²) in [5, 5.41) is 4.33. The lowest BCUT2D eigenvalue weighted by molar-refractivity contribution is 0.240. The van der Waals surface area contributed by atoms with Crippen LogP contribution in [0, 0.1) is 5.92 Å². The van der Waals surface area contributed by atoms with Crippen molar-refractivity contribution in [1.29, 1.82) is 0 Å². The summed E-state index contributed by atoms with van der Waals surface area (Å²) in [6, 6.07) is 2.18. The predicted octanol–water partition coefficient (Wildman–Crippen LogP) is 3.11. The molecule has 2 unspecified atom stereocenters. The average Bonchev–Trinajstić information content (AvgIpc) is 2.55. The van der Waals surface area contributed by atoms with Crippen molar-refractivity contribution in [3.05, 3.63) is 22.4 Å². The molecule has 1 heterocycles. The zero-order chi connectivity index (χ0) is 9.31. The lowest BCUT2D eigenvalue weighted by atomic mass is 9.74. The van der Waals surface area contributed by atoms with Crippen molar-refractivity contribution in [3.63, 3.8) is 0 Å². The van der Waals surface area contributed by atoms with Gasteiger partial charge in [0, 0.05) is 5.54 Å². The smallest absolute Gasteiger partial charge is 0.0420 e. The summed E-state index contributed by atoms with van der Waals surface area (Å²) in [4.78, 5) is 0.